The van der Waals surface area contributed by atoms with E-state index in [1.165, 1.54) is 30.3 Å². The van der Waals surface area contributed by atoms with Gasteiger partial charge in [0, 0.05) is 0 Å². The molecular formula is C12H9FO3S. The number of carboxylic acid groups (broad SMARTS) is 1. The van der Waals surface area contributed by atoms with Gasteiger partial charge in [-0.25, -0.2) is 9.18 Å². The van der Waals surface area contributed by atoms with Crippen molar-refractivity contribution < 1.29 is 19.4 Å². The summed E-state index contributed by atoms with van der Waals surface area (Å²) >= 11 is 1.16. The Bertz CT molecular complexity index is 533. The van der Waals surface area contributed by atoms with E-state index in [0.29, 0.717) is 10.4 Å². The standard InChI is InChI=1S/C12H9FO3S/c13-8-3-1-7(2-4-8)10(14)11-9(12(15)16)5-6-17-11/h1-6,10,14H,(H,15,16). The number of benzene rings is 1. The maximum Gasteiger partial charge on any atom is 0.336 e. The fourth-order valence-electron chi connectivity index (χ4n) is 1.51. The Morgan fingerprint density at radius 1 is 1.24 bits per heavy atom. The maximum atomic E-state index is 12.7. The summed E-state index contributed by atoms with van der Waals surface area (Å²) in [6.45, 7) is 0. The van der Waals surface area contributed by atoms with E-state index >= 15 is 0 Å². The van der Waals surface area contributed by atoms with Crippen molar-refractivity contribution in [3.8, 4) is 0 Å². The van der Waals surface area contributed by atoms with E-state index in [4.69, 9.17) is 5.11 Å². The molecule has 0 fully saturated rings. The molecule has 0 saturated carbocycles. The first kappa shape index (κ1) is 11.8. The highest BCUT2D eigenvalue weighted by atomic mass is 32.1. The van der Waals surface area contributed by atoms with Gasteiger partial charge >= 0.3 is 5.97 Å². The zero-order valence-electron chi connectivity index (χ0n) is 8.63. The average molecular weight is 252 g/mol. The van der Waals surface area contributed by atoms with Gasteiger partial charge in [0.15, 0.2) is 0 Å². The van der Waals surface area contributed by atoms with Crippen LogP contribution in [0.2, 0.25) is 0 Å². The number of carboxylic acids is 1. The van der Waals surface area contributed by atoms with Gasteiger partial charge in [-0.2, -0.15) is 0 Å². The number of hydrogen-bond acceptors (Lipinski definition) is 3. The van der Waals surface area contributed by atoms with Gasteiger partial charge in [0.25, 0.3) is 0 Å². The van der Waals surface area contributed by atoms with Crippen LogP contribution in [0.1, 0.15) is 26.9 Å². The predicted molar refractivity (Wildman–Crippen MR) is 61.7 cm³/mol. The zero-order valence-corrected chi connectivity index (χ0v) is 9.45. The molecule has 0 aliphatic heterocycles. The molecule has 0 aliphatic carbocycles. The molecule has 2 rings (SSSR count). The lowest BCUT2D eigenvalue weighted by Gasteiger charge is -2.10. The molecule has 1 unspecified atom stereocenters. The van der Waals surface area contributed by atoms with Crippen LogP contribution in [0, 0.1) is 5.82 Å². The minimum Gasteiger partial charge on any atom is -0.478 e. The number of halogens is 1. The van der Waals surface area contributed by atoms with E-state index in [1.54, 1.807) is 5.38 Å². The number of aromatic carboxylic acids is 1. The van der Waals surface area contributed by atoms with E-state index in [2.05, 4.69) is 0 Å². The summed E-state index contributed by atoms with van der Waals surface area (Å²) in [7, 11) is 0. The quantitative estimate of drug-likeness (QED) is 0.883. The number of thiophene rings is 1. The molecule has 0 saturated heterocycles. The molecule has 1 heterocycles. The van der Waals surface area contributed by atoms with Crippen LogP contribution in [0.5, 0.6) is 0 Å². The number of rotatable bonds is 3. The van der Waals surface area contributed by atoms with Gasteiger partial charge in [0.2, 0.25) is 0 Å². The molecule has 0 aliphatic rings. The van der Waals surface area contributed by atoms with Crippen molar-refractivity contribution in [3.05, 3.63) is 57.5 Å². The fraction of sp³-hybridized carbons (Fsp3) is 0.0833. The fourth-order valence-corrected chi connectivity index (χ4v) is 2.40. The Labute approximate surface area is 101 Å². The number of aliphatic hydroxyl groups is 1. The molecule has 0 radical (unpaired) electrons. The van der Waals surface area contributed by atoms with Crippen molar-refractivity contribution in [2.75, 3.05) is 0 Å². The molecule has 88 valence electrons. The van der Waals surface area contributed by atoms with Crippen molar-refractivity contribution in [1.82, 2.24) is 0 Å². The molecule has 1 aromatic carbocycles. The Balaban J connectivity index is 2.36. The molecular weight excluding hydrogens is 243 g/mol. The highest BCUT2D eigenvalue weighted by Crippen LogP contribution is 2.29. The molecule has 1 atom stereocenters. The van der Waals surface area contributed by atoms with E-state index in [9.17, 15) is 14.3 Å². The minimum absolute atomic E-state index is 0.0758. The molecule has 2 aromatic rings. The van der Waals surface area contributed by atoms with E-state index < -0.39 is 17.9 Å². The summed E-state index contributed by atoms with van der Waals surface area (Å²) in [6.07, 6.45) is -1.04. The lowest BCUT2D eigenvalue weighted by Crippen LogP contribution is -2.04. The van der Waals surface area contributed by atoms with Crippen LogP contribution < -0.4 is 0 Å². The van der Waals surface area contributed by atoms with Crippen LogP contribution in [0.15, 0.2) is 35.7 Å². The predicted octanol–water partition coefficient (Wildman–Crippen LogP) is 2.67. The van der Waals surface area contributed by atoms with Gasteiger partial charge < -0.3 is 10.2 Å². The normalized spacial score (nSPS) is 12.4. The van der Waals surface area contributed by atoms with Crippen LogP contribution in [0.4, 0.5) is 4.39 Å². The van der Waals surface area contributed by atoms with Crippen LogP contribution in [0.25, 0.3) is 0 Å². The first-order chi connectivity index (χ1) is 8.09. The Morgan fingerprint density at radius 3 is 2.47 bits per heavy atom. The Kier molecular flexibility index (Phi) is 3.21. The number of aliphatic hydroxyl groups excluding tert-OH is 1. The SMILES string of the molecule is O=C(O)c1ccsc1C(O)c1ccc(F)cc1. The van der Waals surface area contributed by atoms with Crippen molar-refractivity contribution in [3.63, 3.8) is 0 Å². The van der Waals surface area contributed by atoms with Gasteiger partial charge in [0.05, 0.1) is 10.4 Å². The highest BCUT2D eigenvalue weighted by Gasteiger charge is 2.19. The second-order valence-corrected chi connectivity index (χ2v) is 4.41. The largest absolute Gasteiger partial charge is 0.478 e. The van der Waals surface area contributed by atoms with Gasteiger partial charge in [-0.05, 0) is 29.1 Å². The van der Waals surface area contributed by atoms with Gasteiger partial charge in [0.1, 0.15) is 11.9 Å². The lowest BCUT2D eigenvalue weighted by molar-refractivity contribution is 0.0692. The van der Waals surface area contributed by atoms with Crippen LogP contribution in [-0.4, -0.2) is 16.2 Å². The smallest absolute Gasteiger partial charge is 0.336 e. The zero-order chi connectivity index (χ0) is 12.4. The third kappa shape index (κ3) is 2.35. The summed E-state index contributed by atoms with van der Waals surface area (Å²) in [4.78, 5) is 11.3. The number of carbonyl (C=O) groups is 1. The molecule has 0 bridgehead atoms. The molecule has 2 N–H and O–H groups in total. The highest BCUT2D eigenvalue weighted by molar-refractivity contribution is 7.10. The van der Waals surface area contributed by atoms with Crippen molar-refractivity contribution >= 4 is 17.3 Å². The maximum absolute atomic E-state index is 12.7. The second kappa shape index (κ2) is 4.65. The first-order valence-corrected chi connectivity index (χ1v) is 5.72. The summed E-state index contributed by atoms with van der Waals surface area (Å²) in [6, 6.07) is 6.77. The van der Waals surface area contributed by atoms with Crippen molar-refractivity contribution in [1.29, 1.82) is 0 Å². The van der Waals surface area contributed by atoms with Crippen LogP contribution in [0.3, 0.4) is 0 Å². The molecule has 0 amide bonds. The molecule has 5 heteroatoms. The summed E-state index contributed by atoms with van der Waals surface area (Å²) in [5.74, 6) is -1.48. The van der Waals surface area contributed by atoms with Gasteiger partial charge in [-0.15, -0.1) is 11.3 Å². The summed E-state index contributed by atoms with van der Waals surface area (Å²) < 4.78 is 12.7. The molecule has 17 heavy (non-hydrogen) atoms. The lowest BCUT2D eigenvalue weighted by atomic mass is 10.1. The monoisotopic (exact) mass is 252 g/mol. The summed E-state index contributed by atoms with van der Waals surface area (Å²) in [5, 5.41) is 20.6. The van der Waals surface area contributed by atoms with Crippen molar-refractivity contribution in [2.24, 2.45) is 0 Å². The Morgan fingerprint density at radius 2 is 1.88 bits per heavy atom. The van der Waals surface area contributed by atoms with Crippen LogP contribution >= 0.6 is 11.3 Å². The average Bonchev–Trinajstić information content (AvgIpc) is 2.78. The second-order valence-electron chi connectivity index (χ2n) is 3.46. The third-order valence-electron chi connectivity index (χ3n) is 2.36. The topological polar surface area (TPSA) is 57.5 Å². The summed E-state index contributed by atoms with van der Waals surface area (Å²) in [5.41, 5.74) is 0.545. The van der Waals surface area contributed by atoms with E-state index in [0.717, 1.165) is 11.3 Å². The third-order valence-corrected chi connectivity index (χ3v) is 3.33. The first-order valence-electron chi connectivity index (χ1n) is 4.84. The molecule has 0 spiro atoms. The van der Waals surface area contributed by atoms with Gasteiger partial charge in [-0.3, -0.25) is 0 Å². The van der Waals surface area contributed by atoms with Gasteiger partial charge in [-0.1, -0.05) is 12.1 Å². The minimum atomic E-state index is -1.08. The molecule has 1 aromatic heterocycles. The Hall–Kier alpha value is -1.72. The number of hydrogen-bond donors (Lipinski definition) is 2. The van der Waals surface area contributed by atoms with Crippen LogP contribution in [-0.2, 0) is 0 Å². The van der Waals surface area contributed by atoms with Crippen molar-refractivity contribution in [2.45, 2.75) is 6.10 Å². The van der Waals surface area contributed by atoms with E-state index in [-0.39, 0.29) is 5.56 Å². The molecule has 3 nitrogen and oxygen atoms in total. The van der Waals surface area contributed by atoms with E-state index in [1.807, 2.05) is 0 Å².